The predicted molar refractivity (Wildman–Crippen MR) is 76.9 cm³/mol. The molecular weight excluding hydrogens is 258 g/mol. The van der Waals surface area contributed by atoms with Gasteiger partial charge < -0.3 is 10.6 Å². The van der Waals surface area contributed by atoms with Crippen molar-refractivity contribution in [2.45, 2.75) is 26.2 Å². The Kier molecular flexibility index (Phi) is 4.55. The quantitative estimate of drug-likeness (QED) is 0.592. The Morgan fingerprint density at radius 3 is 2.80 bits per heavy atom. The third kappa shape index (κ3) is 3.46. The molecule has 1 aromatic carbocycles. The molecule has 0 heterocycles. The SMILES string of the molecule is CCNc1c(C(=O)NCCC2CC2)cccc1[N+](=O)[O-]. The number of anilines is 1. The minimum atomic E-state index is -0.473. The lowest BCUT2D eigenvalue weighted by Crippen LogP contribution is -2.26. The van der Waals surface area contributed by atoms with E-state index < -0.39 is 4.92 Å². The van der Waals surface area contributed by atoms with Crippen molar-refractivity contribution in [3.8, 4) is 0 Å². The second kappa shape index (κ2) is 6.36. The van der Waals surface area contributed by atoms with Crippen LogP contribution in [0.2, 0.25) is 0 Å². The fourth-order valence-electron chi connectivity index (χ4n) is 2.14. The van der Waals surface area contributed by atoms with E-state index in [1.165, 1.54) is 25.0 Å². The van der Waals surface area contributed by atoms with Crippen LogP contribution in [0.3, 0.4) is 0 Å². The van der Waals surface area contributed by atoms with Gasteiger partial charge in [-0.2, -0.15) is 0 Å². The van der Waals surface area contributed by atoms with Crippen LogP contribution in [0.25, 0.3) is 0 Å². The van der Waals surface area contributed by atoms with Crippen LogP contribution in [-0.4, -0.2) is 23.9 Å². The zero-order chi connectivity index (χ0) is 14.5. The molecule has 0 aliphatic heterocycles. The van der Waals surface area contributed by atoms with Gasteiger partial charge in [0.15, 0.2) is 0 Å². The van der Waals surface area contributed by atoms with Gasteiger partial charge >= 0.3 is 0 Å². The van der Waals surface area contributed by atoms with Gasteiger partial charge in [-0.1, -0.05) is 18.9 Å². The molecule has 1 saturated carbocycles. The van der Waals surface area contributed by atoms with Crippen LogP contribution in [0, 0.1) is 16.0 Å². The molecule has 1 fully saturated rings. The predicted octanol–water partition coefficient (Wildman–Crippen LogP) is 2.56. The van der Waals surface area contributed by atoms with Gasteiger partial charge in [0.2, 0.25) is 0 Å². The number of rotatable bonds is 7. The molecule has 108 valence electrons. The lowest BCUT2D eigenvalue weighted by molar-refractivity contribution is -0.384. The zero-order valence-electron chi connectivity index (χ0n) is 11.5. The number of nitro groups is 1. The Hall–Kier alpha value is -2.11. The summed E-state index contributed by atoms with van der Waals surface area (Å²) in [6.45, 7) is 2.98. The van der Waals surface area contributed by atoms with Gasteiger partial charge in [-0.05, 0) is 25.3 Å². The number of nitrogens with zero attached hydrogens (tertiary/aromatic N) is 1. The largest absolute Gasteiger partial charge is 0.379 e. The van der Waals surface area contributed by atoms with Crippen molar-refractivity contribution in [3.05, 3.63) is 33.9 Å². The molecule has 0 unspecified atom stereocenters. The maximum atomic E-state index is 12.1. The first-order valence-corrected chi connectivity index (χ1v) is 6.93. The molecule has 20 heavy (non-hydrogen) atoms. The molecule has 1 aromatic rings. The number of benzene rings is 1. The molecule has 6 heteroatoms. The van der Waals surface area contributed by atoms with Crippen molar-refractivity contribution in [2.24, 2.45) is 5.92 Å². The molecule has 0 spiro atoms. The van der Waals surface area contributed by atoms with Gasteiger partial charge in [0, 0.05) is 19.2 Å². The number of para-hydroxylation sites is 1. The van der Waals surface area contributed by atoms with Crippen molar-refractivity contribution in [1.29, 1.82) is 0 Å². The summed E-state index contributed by atoms with van der Waals surface area (Å²) >= 11 is 0. The fraction of sp³-hybridized carbons (Fsp3) is 0.500. The highest BCUT2D eigenvalue weighted by molar-refractivity contribution is 6.01. The summed E-state index contributed by atoms with van der Waals surface area (Å²) in [6, 6.07) is 4.55. The second-order valence-electron chi connectivity index (χ2n) is 4.98. The zero-order valence-corrected chi connectivity index (χ0v) is 11.5. The average Bonchev–Trinajstić information content (AvgIpc) is 3.23. The molecule has 2 rings (SSSR count). The van der Waals surface area contributed by atoms with E-state index in [2.05, 4.69) is 10.6 Å². The third-order valence-electron chi connectivity index (χ3n) is 3.37. The topological polar surface area (TPSA) is 84.3 Å². The van der Waals surface area contributed by atoms with Crippen molar-refractivity contribution in [1.82, 2.24) is 5.32 Å². The second-order valence-corrected chi connectivity index (χ2v) is 4.98. The number of hydrogen-bond acceptors (Lipinski definition) is 4. The highest BCUT2D eigenvalue weighted by atomic mass is 16.6. The van der Waals surface area contributed by atoms with Crippen molar-refractivity contribution in [3.63, 3.8) is 0 Å². The lowest BCUT2D eigenvalue weighted by atomic mass is 10.1. The lowest BCUT2D eigenvalue weighted by Gasteiger charge is -2.11. The van der Waals surface area contributed by atoms with Crippen LogP contribution in [0.15, 0.2) is 18.2 Å². The van der Waals surface area contributed by atoms with Crippen LogP contribution >= 0.6 is 0 Å². The molecule has 1 aliphatic carbocycles. The molecule has 6 nitrogen and oxygen atoms in total. The summed E-state index contributed by atoms with van der Waals surface area (Å²) in [6.07, 6.45) is 3.47. The van der Waals surface area contributed by atoms with E-state index in [0.717, 1.165) is 12.3 Å². The third-order valence-corrected chi connectivity index (χ3v) is 3.37. The summed E-state index contributed by atoms with van der Waals surface area (Å²) in [4.78, 5) is 22.7. The number of hydrogen-bond donors (Lipinski definition) is 2. The monoisotopic (exact) mass is 277 g/mol. The molecule has 1 aliphatic rings. The van der Waals surface area contributed by atoms with Crippen LogP contribution in [0.5, 0.6) is 0 Å². The number of nitrogens with one attached hydrogen (secondary N) is 2. The smallest absolute Gasteiger partial charge is 0.293 e. The molecular formula is C14H19N3O3. The van der Waals surface area contributed by atoms with Gasteiger partial charge in [-0.25, -0.2) is 0 Å². The van der Waals surface area contributed by atoms with E-state index in [-0.39, 0.29) is 11.6 Å². The first-order valence-electron chi connectivity index (χ1n) is 6.93. The Balaban J connectivity index is 2.13. The summed E-state index contributed by atoms with van der Waals surface area (Å²) in [7, 11) is 0. The number of carbonyl (C=O) groups excluding carboxylic acids is 1. The van der Waals surface area contributed by atoms with Crippen molar-refractivity contribution >= 4 is 17.3 Å². The molecule has 0 atom stereocenters. The summed E-state index contributed by atoms with van der Waals surface area (Å²) in [5.74, 6) is 0.485. The Morgan fingerprint density at radius 2 is 2.20 bits per heavy atom. The van der Waals surface area contributed by atoms with Gasteiger partial charge in [-0.3, -0.25) is 14.9 Å². The number of nitro benzene ring substituents is 1. The van der Waals surface area contributed by atoms with Crippen molar-refractivity contribution in [2.75, 3.05) is 18.4 Å². The standard InChI is InChI=1S/C14H19N3O3/c1-2-15-13-11(4-3-5-12(13)17(19)20)14(18)16-9-8-10-6-7-10/h3-5,10,15H,2,6-9H2,1H3,(H,16,18). The van der Waals surface area contributed by atoms with Gasteiger partial charge in [-0.15, -0.1) is 0 Å². The van der Waals surface area contributed by atoms with Gasteiger partial charge in [0.1, 0.15) is 5.69 Å². The van der Waals surface area contributed by atoms with Crippen LogP contribution in [-0.2, 0) is 0 Å². The molecule has 0 radical (unpaired) electrons. The Morgan fingerprint density at radius 1 is 1.45 bits per heavy atom. The molecule has 1 amide bonds. The summed E-state index contributed by atoms with van der Waals surface area (Å²) < 4.78 is 0. The maximum absolute atomic E-state index is 12.1. The van der Waals surface area contributed by atoms with Crippen LogP contribution < -0.4 is 10.6 Å². The minimum Gasteiger partial charge on any atom is -0.379 e. The Labute approximate surface area is 117 Å². The fourth-order valence-corrected chi connectivity index (χ4v) is 2.14. The minimum absolute atomic E-state index is 0.0679. The van der Waals surface area contributed by atoms with Crippen molar-refractivity contribution < 1.29 is 9.72 Å². The van der Waals surface area contributed by atoms with E-state index in [0.29, 0.717) is 24.3 Å². The highest BCUT2D eigenvalue weighted by Crippen LogP contribution is 2.32. The van der Waals surface area contributed by atoms with E-state index in [1.54, 1.807) is 6.07 Å². The highest BCUT2D eigenvalue weighted by Gasteiger charge is 2.23. The maximum Gasteiger partial charge on any atom is 0.293 e. The first-order chi connectivity index (χ1) is 9.63. The van der Waals surface area contributed by atoms with E-state index in [1.807, 2.05) is 6.92 Å². The van der Waals surface area contributed by atoms with Crippen LogP contribution in [0.1, 0.15) is 36.5 Å². The molecule has 0 saturated heterocycles. The van der Waals surface area contributed by atoms with E-state index in [4.69, 9.17) is 0 Å². The Bertz CT molecular complexity index is 512. The molecule has 2 N–H and O–H groups in total. The number of amides is 1. The average molecular weight is 277 g/mol. The van der Waals surface area contributed by atoms with Gasteiger partial charge in [0.05, 0.1) is 10.5 Å². The normalized spacial score (nSPS) is 13.8. The first kappa shape index (κ1) is 14.3. The van der Waals surface area contributed by atoms with E-state index in [9.17, 15) is 14.9 Å². The number of carbonyl (C=O) groups is 1. The van der Waals surface area contributed by atoms with Gasteiger partial charge in [0.25, 0.3) is 11.6 Å². The summed E-state index contributed by atoms with van der Waals surface area (Å²) in [5.41, 5.74) is 0.558. The molecule has 0 bridgehead atoms. The van der Waals surface area contributed by atoms with E-state index >= 15 is 0 Å². The molecule has 0 aromatic heterocycles. The van der Waals surface area contributed by atoms with Crippen LogP contribution in [0.4, 0.5) is 11.4 Å². The summed E-state index contributed by atoms with van der Waals surface area (Å²) in [5, 5.41) is 16.8.